The molecule has 0 spiro atoms. The zero-order valence-electron chi connectivity index (χ0n) is 17.4. The van der Waals surface area contributed by atoms with Gasteiger partial charge in [0.1, 0.15) is 0 Å². The Kier molecular flexibility index (Phi) is 5.12. The van der Waals surface area contributed by atoms with E-state index in [0.29, 0.717) is 0 Å². The minimum absolute atomic E-state index is 0.750. The monoisotopic (exact) mass is 398 g/mol. The molecule has 148 valence electrons. The highest BCUT2D eigenvalue weighted by Crippen LogP contribution is 2.28. The molecule has 0 aliphatic carbocycles. The predicted octanol–water partition coefficient (Wildman–Crippen LogP) is 7.45. The van der Waals surface area contributed by atoms with E-state index in [4.69, 9.17) is 9.97 Å². The first-order valence-electron chi connectivity index (χ1n) is 10.4. The molecule has 0 unspecified atom stereocenters. The van der Waals surface area contributed by atoms with Crippen LogP contribution in [-0.4, -0.2) is 9.97 Å². The first-order valence-corrected chi connectivity index (χ1v) is 10.4. The van der Waals surface area contributed by atoms with E-state index in [-0.39, 0.29) is 0 Å². The van der Waals surface area contributed by atoms with E-state index >= 15 is 0 Å². The maximum atomic E-state index is 4.90. The van der Waals surface area contributed by atoms with Gasteiger partial charge in [0.05, 0.1) is 5.69 Å². The molecule has 5 aromatic rings. The lowest BCUT2D eigenvalue weighted by atomic mass is 10.0. The van der Waals surface area contributed by atoms with E-state index in [9.17, 15) is 0 Å². The van der Waals surface area contributed by atoms with Gasteiger partial charge in [-0.1, -0.05) is 103 Å². The van der Waals surface area contributed by atoms with E-state index in [0.717, 1.165) is 33.9 Å². The van der Waals surface area contributed by atoms with Crippen LogP contribution in [-0.2, 0) is 0 Å². The molecule has 0 atom stereocenters. The minimum atomic E-state index is 0.750. The molecule has 2 nitrogen and oxygen atoms in total. The average molecular weight is 399 g/mol. The Bertz CT molecular complexity index is 1310. The van der Waals surface area contributed by atoms with Gasteiger partial charge in [0.15, 0.2) is 5.82 Å². The summed E-state index contributed by atoms with van der Waals surface area (Å²) in [5, 5.41) is 0. The van der Waals surface area contributed by atoms with Crippen molar-refractivity contribution in [3.63, 3.8) is 0 Å². The molecule has 0 fully saturated rings. The molecular formula is C29H22N2. The smallest absolute Gasteiger partial charge is 0.160 e. The number of aryl methyl sites for hydroxylation is 1. The van der Waals surface area contributed by atoms with Crippen molar-refractivity contribution in [3.8, 4) is 44.9 Å². The summed E-state index contributed by atoms with van der Waals surface area (Å²) in [6, 6.07) is 39.8. The molecule has 0 saturated heterocycles. The maximum absolute atomic E-state index is 4.90. The average Bonchev–Trinajstić information content (AvgIpc) is 2.85. The van der Waals surface area contributed by atoms with Gasteiger partial charge in [0.2, 0.25) is 0 Å². The number of hydrogen-bond acceptors (Lipinski definition) is 2. The molecule has 0 saturated carbocycles. The number of aromatic nitrogens is 2. The predicted molar refractivity (Wildman–Crippen MR) is 129 cm³/mol. The molecule has 1 heterocycles. The van der Waals surface area contributed by atoms with Crippen LogP contribution in [0.5, 0.6) is 0 Å². The summed E-state index contributed by atoms with van der Waals surface area (Å²) in [6.45, 7) is 2.02. The van der Waals surface area contributed by atoms with Crippen molar-refractivity contribution in [1.29, 1.82) is 0 Å². The first kappa shape index (κ1) is 19.0. The molecular weight excluding hydrogens is 376 g/mol. The summed E-state index contributed by atoms with van der Waals surface area (Å²) in [6.07, 6.45) is 0. The Labute approximate surface area is 182 Å². The maximum Gasteiger partial charge on any atom is 0.160 e. The van der Waals surface area contributed by atoms with Gasteiger partial charge in [0, 0.05) is 16.8 Å². The van der Waals surface area contributed by atoms with Crippen LogP contribution < -0.4 is 0 Å². The fourth-order valence-electron chi connectivity index (χ4n) is 3.78. The van der Waals surface area contributed by atoms with Gasteiger partial charge >= 0.3 is 0 Å². The minimum Gasteiger partial charge on any atom is -0.233 e. The molecule has 5 rings (SSSR count). The third-order valence-corrected chi connectivity index (χ3v) is 5.37. The standard InChI is InChI=1S/C29H22N2/c1-21-19-28(25-17-15-24(16-18-25)22-9-4-2-5-10-22)31-29(30-21)27-14-8-13-26(20-27)23-11-6-3-7-12-23/h2-20H,1H3. The Morgan fingerprint density at radius 2 is 0.935 bits per heavy atom. The first-order chi connectivity index (χ1) is 15.3. The lowest BCUT2D eigenvalue weighted by molar-refractivity contribution is 1.12. The third-order valence-electron chi connectivity index (χ3n) is 5.37. The summed E-state index contributed by atoms with van der Waals surface area (Å²) in [4.78, 5) is 9.62. The fraction of sp³-hybridized carbons (Fsp3) is 0.0345. The molecule has 0 aliphatic heterocycles. The lowest BCUT2D eigenvalue weighted by Gasteiger charge is -2.09. The molecule has 2 heteroatoms. The van der Waals surface area contributed by atoms with E-state index in [1.54, 1.807) is 0 Å². The Hall–Kier alpha value is -4.04. The summed E-state index contributed by atoms with van der Waals surface area (Å²) in [7, 11) is 0. The fourth-order valence-corrected chi connectivity index (χ4v) is 3.78. The quantitative estimate of drug-likeness (QED) is 0.314. The molecule has 0 aliphatic rings. The van der Waals surface area contributed by atoms with Crippen molar-refractivity contribution >= 4 is 0 Å². The van der Waals surface area contributed by atoms with E-state index in [1.165, 1.54) is 16.7 Å². The second-order valence-corrected chi connectivity index (χ2v) is 7.61. The summed E-state index contributed by atoms with van der Waals surface area (Å²) >= 11 is 0. The summed E-state index contributed by atoms with van der Waals surface area (Å²) in [5.74, 6) is 0.750. The molecule has 4 aromatic carbocycles. The largest absolute Gasteiger partial charge is 0.233 e. The molecule has 0 N–H and O–H groups in total. The van der Waals surface area contributed by atoms with Crippen LogP contribution in [0.25, 0.3) is 44.9 Å². The van der Waals surface area contributed by atoms with Crippen molar-refractivity contribution in [1.82, 2.24) is 9.97 Å². The second kappa shape index (κ2) is 8.37. The Morgan fingerprint density at radius 3 is 1.61 bits per heavy atom. The molecule has 31 heavy (non-hydrogen) atoms. The van der Waals surface area contributed by atoms with Gasteiger partial charge in [-0.2, -0.15) is 0 Å². The van der Waals surface area contributed by atoms with Crippen molar-refractivity contribution in [2.45, 2.75) is 6.92 Å². The van der Waals surface area contributed by atoms with Crippen LogP contribution in [0.4, 0.5) is 0 Å². The van der Waals surface area contributed by atoms with Gasteiger partial charge in [-0.15, -0.1) is 0 Å². The highest BCUT2D eigenvalue weighted by molar-refractivity contribution is 5.73. The van der Waals surface area contributed by atoms with Crippen molar-refractivity contribution in [3.05, 3.63) is 121 Å². The zero-order chi connectivity index (χ0) is 21.0. The van der Waals surface area contributed by atoms with Gasteiger partial charge in [-0.3, -0.25) is 0 Å². The molecule has 1 aromatic heterocycles. The SMILES string of the molecule is Cc1cc(-c2ccc(-c3ccccc3)cc2)nc(-c2cccc(-c3ccccc3)c2)n1. The lowest BCUT2D eigenvalue weighted by Crippen LogP contribution is -1.95. The number of benzene rings is 4. The highest BCUT2D eigenvalue weighted by Gasteiger charge is 2.09. The van der Waals surface area contributed by atoms with E-state index in [1.807, 2.05) is 25.1 Å². The number of hydrogen-bond donors (Lipinski definition) is 0. The molecule has 0 bridgehead atoms. The van der Waals surface area contributed by atoms with Crippen LogP contribution in [0.2, 0.25) is 0 Å². The molecule has 0 radical (unpaired) electrons. The van der Waals surface area contributed by atoms with Crippen LogP contribution in [0.1, 0.15) is 5.69 Å². The normalized spacial score (nSPS) is 10.7. The Morgan fingerprint density at radius 1 is 0.419 bits per heavy atom. The van der Waals surface area contributed by atoms with Gasteiger partial charge in [-0.05, 0) is 41.3 Å². The summed E-state index contributed by atoms with van der Waals surface area (Å²) in [5.41, 5.74) is 8.77. The third kappa shape index (κ3) is 4.15. The van der Waals surface area contributed by atoms with Gasteiger partial charge in [-0.25, -0.2) is 9.97 Å². The number of rotatable bonds is 4. The van der Waals surface area contributed by atoms with E-state index < -0.39 is 0 Å². The van der Waals surface area contributed by atoms with Crippen molar-refractivity contribution in [2.24, 2.45) is 0 Å². The Balaban J connectivity index is 1.50. The van der Waals surface area contributed by atoms with Crippen LogP contribution in [0.3, 0.4) is 0 Å². The van der Waals surface area contributed by atoms with Crippen molar-refractivity contribution < 1.29 is 0 Å². The van der Waals surface area contributed by atoms with Gasteiger partial charge in [0.25, 0.3) is 0 Å². The zero-order valence-corrected chi connectivity index (χ0v) is 17.4. The molecule has 0 amide bonds. The van der Waals surface area contributed by atoms with Crippen LogP contribution in [0, 0.1) is 6.92 Å². The topological polar surface area (TPSA) is 25.8 Å². The van der Waals surface area contributed by atoms with Crippen molar-refractivity contribution in [2.75, 3.05) is 0 Å². The van der Waals surface area contributed by atoms with Crippen LogP contribution in [0.15, 0.2) is 115 Å². The highest BCUT2D eigenvalue weighted by atomic mass is 14.9. The van der Waals surface area contributed by atoms with E-state index in [2.05, 4.69) is 97.1 Å². The van der Waals surface area contributed by atoms with Gasteiger partial charge < -0.3 is 0 Å². The number of nitrogens with zero attached hydrogens (tertiary/aromatic N) is 2. The second-order valence-electron chi connectivity index (χ2n) is 7.61. The van der Waals surface area contributed by atoms with Crippen LogP contribution >= 0.6 is 0 Å². The summed E-state index contributed by atoms with van der Waals surface area (Å²) < 4.78 is 0.